The van der Waals surface area contributed by atoms with Crippen LogP contribution in [0.25, 0.3) is 0 Å². The number of hydrogen-bond donors (Lipinski definition) is 1. The molecule has 1 saturated heterocycles. The van der Waals surface area contributed by atoms with Gasteiger partial charge in [0.2, 0.25) is 5.91 Å². The van der Waals surface area contributed by atoms with E-state index in [0.29, 0.717) is 0 Å². The second-order valence-electron chi connectivity index (χ2n) is 3.69. The number of primary amides is 1. The molecule has 2 atom stereocenters. The Hall–Kier alpha value is -1.06. The topological polar surface area (TPSA) is 69.4 Å². The van der Waals surface area contributed by atoms with E-state index in [1.54, 1.807) is 20.8 Å². The van der Waals surface area contributed by atoms with E-state index in [1.165, 1.54) is 0 Å². The number of esters is 1. The SMILES string of the molecule is C[C@H]1[C@@H](C(N)=O)C(=O)OC1(C)C. The van der Waals surface area contributed by atoms with Gasteiger partial charge in [0.1, 0.15) is 11.5 Å². The number of carbonyl (C=O) groups excluding carboxylic acids is 2. The van der Waals surface area contributed by atoms with Gasteiger partial charge in [0.25, 0.3) is 0 Å². The second-order valence-corrected chi connectivity index (χ2v) is 3.69. The van der Waals surface area contributed by atoms with Gasteiger partial charge in [0.15, 0.2) is 0 Å². The third-order valence-electron chi connectivity index (χ3n) is 2.52. The fourth-order valence-electron chi connectivity index (χ4n) is 1.38. The molecule has 1 rings (SSSR count). The summed E-state index contributed by atoms with van der Waals surface area (Å²) in [6.07, 6.45) is 0. The minimum absolute atomic E-state index is 0.150. The molecule has 0 bridgehead atoms. The molecule has 12 heavy (non-hydrogen) atoms. The van der Waals surface area contributed by atoms with Crippen molar-refractivity contribution in [3.05, 3.63) is 0 Å². The van der Waals surface area contributed by atoms with Crippen LogP contribution in [0, 0.1) is 11.8 Å². The molecule has 0 saturated carbocycles. The zero-order chi connectivity index (χ0) is 9.52. The summed E-state index contributed by atoms with van der Waals surface area (Å²) in [6, 6.07) is 0. The summed E-state index contributed by atoms with van der Waals surface area (Å²) in [5, 5.41) is 0. The van der Waals surface area contributed by atoms with Gasteiger partial charge in [-0.2, -0.15) is 0 Å². The number of rotatable bonds is 1. The smallest absolute Gasteiger partial charge is 0.319 e. The Labute approximate surface area is 71.1 Å². The van der Waals surface area contributed by atoms with Crippen molar-refractivity contribution in [3.8, 4) is 0 Å². The molecule has 0 aliphatic carbocycles. The summed E-state index contributed by atoms with van der Waals surface area (Å²) < 4.78 is 5.00. The predicted molar refractivity (Wildman–Crippen MR) is 42.0 cm³/mol. The van der Waals surface area contributed by atoms with Gasteiger partial charge in [0.05, 0.1) is 0 Å². The van der Waals surface area contributed by atoms with E-state index in [4.69, 9.17) is 10.5 Å². The van der Waals surface area contributed by atoms with Crippen molar-refractivity contribution in [3.63, 3.8) is 0 Å². The molecule has 68 valence electrons. The first kappa shape index (κ1) is 9.03. The molecule has 0 radical (unpaired) electrons. The summed E-state index contributed by atoms with van der Waals surface area (Å²) >= 11 is 0. The highest BCUT2D eigenvalue weighted by Gasteiger charge is 2.49. The van der Waals surface area contributed by atoms with Gasteiger partial charge in [-0.15, -0.1) is 0 Å². The molecule has 0 aromatic rings. The van der Waals surface area contributed by atoms with E-state index in [1.807, 2.05) is 0 Å². The van der Waals surface area contributed by atoms with Crippen LogP contribution in [0.2, 0.25) is 0 Å². The Bertz CT molecular complexity index is 234. The average molecular weight is 171 g/mol. The van der Waals surface area contributed by atoms with Gasteiger partial charge in [-0.25, -0.2) is 0 Å². The Kier molecular flexibility index (Phi) is 1.86. The van der Waals surface area contributed by atoms with E-state index < -0.39 is 23.4 Å². The summed E-state index contributed by atoms with van der Waals surface area (Å²) in [5.41, 5.74) is 4.49. The van der Waals surface area contributed by atoms with Gasteiger partial charge in [-0.1, -0.05) is 6.92 Å². The first-order valence-corrected chi connectivity index (χ1v) is 3.88. The fraction of sp³-hybridized carbons (Fsp3) is 0.750. The van der Waals surface area contributed by atoms with Crippen LogP contribution in [-0.2, 0) is 14.3 Å². The first-order chi connectivity index (χ1) is 5.36. The molecule has 1 amide bonds. The van der Waals surface area contributed by atoms with Gasteiger partial charge < -0.3 is 10.5 Å². The van der Waals surface area contributed by atoms with E-state index in [-0.39, 0.29) is 5.92 Å². The molecule has 1 aliphatic rings. The standard InChI is InChI=1S/C8H13NO3/c1-4-5(6(9)10)7(11)12-8(4,2)3/h4-5H,1-3H3,(H2,9,10)/t4-,5-/m0/s1. The maximum absolute atomic E-state index is 11.1. The van der Waals surface area contributed by atoms with Crippen LogP contribution in [0.4, 0.5) is 0 Å². The summed E-state index contributed by atoms with van der Waals surface area (Å²) in [5.74, 6) is -2.03. The van der Waals surface area contributed by atoms with Crippen molar-refractivity contribution in [1.29, 1.82) is 0 Å². The maximum atomic E-state index is 11.1. The molecule has 1 fully saturated rings. The Morgan fingerprint density at radius 2 is 2.08 bits per heavy atom. The van der Waals surface area contributed by atoms with Crippen LogP contribution in [0.15, 0.2) is 0 Å². The lowest BCUT2D eigenvalue weighted by Crippen LogP contribution is -2.34. The van der Waals surface area contributed by atoms with Crippen molar-refractivity contribution in [1.82, 2.24) is 0 Å². The van der Waals surface area contributed by atoms with Gasteiger partial charge >= 0.3 is 5.97 Å². The molecule has 1 aliphatic heterocycles. The molecule has 0 aromatic carbocycles. The first-order valence-electron chi connectivity index (χ1n) is 3.88. The van der Waals surface area contributed by atoms with Gasteiger partial charge in [-0.05, 0) is 13.8 Å². The van der Waals surface area contributed by atoms with E-state index >= 15 is 0 Å². The quantitative estimate of drug-likeness (QED) is 0.448. The number of hydrogen-bond acceptors (Lipinski definition) is 3. The van der Waals surface area contributed by atoms with Crippen LogP contribution in [0.5, 0.6) is 0 Å². The summed E-state index contributed by atoms with van der Waals surface area (Å²) in [4.78, 5) is 22.0. The normalized spacial score (nSPS) is 33.1. The molecule has 0 spiro atoms. The van der Waals surface area contributed by atoms with Gasteiger partial charge in [-0.3, -0.25) is 9.59 Å². The second kappa shape index (κ2) is 2.47. The van der Waals surface area contributed by atoms with Crippen molar-refractivity contribution in [2.24, 2.45) is 17.6 Å². The number of amides is 1. The molecule has 0 aromatic heterocycles. The molecule has 4 heteroatoms. The molecular weight excluding hydrogens is 158 g/mol. The van der Waals surface area contributed by atoms with Crippen molar-refractivity contribution in [2.75, 3.05) is 0 Å². The molecule has 0 unspecified atom stereocenters. The minimum atomic E-state index is -0.778. The molecule has 2 N–H and O–H groups in total. The lowest BCUT2D eigenvalue weighted by molar-refractivity contribution is -0.150. The Morgan fingerprint density at radius 1 is 1.58 bits per heavy atom. The molecular formula is C8H13NO3. The third kappa shape index (κ3) is 1.17. The predicted octanol–water partition coefficient (Wildman–Crippen LogP) is 0.0594. The number of cyclic esters (lactones) is 1. The van der Waals surface area contributed by atoms with E-state index in [0.717, 1.165) is 0 Å². The van der Waals surface area contributed by atoms with Crippen LogP contribution in [-0.4, -0.2) is 17.5 Å². The van der Waals surface area contributed by atoms with Gasteiger partial charge in [0, 0.05) is 5.92 Å². The Morgan fingerprint density at radius 3 is 2.25 bits per heavy atom. The van der Waals surface area contributed by atoms with Crippen LogP contribution in [0.3, 0.4) is 0 Å². The largest absolute Gasteiger partial charge is 0.459 e. The lowest BCUT2D eigenvalue weighted by Gasteiger charge is -2.21. The third-order valence-corrected chi connectivity index (χ3v) is 2.52. The minimum Gasteiger partial charge on any atom is -0.459 e. The van der Waals surface area contributed by atoms with Crippen LogP contribution < -0.4 is 5.73 Å². The monoisotopic (exact) mass is 171 g/mol. The zero-order valence-electron chi connectivity index (χ0n) is 7.46. The number of nitrogens with two attached hydrogens (primary N) is 1. The number of ether oxygens (including phenoxy) is 1. The average Bonchev–Trinajstić information content (AvgIpc) is 2.02. The van der Waals surface area contributed by atoms with Crippen molar-refractivity contribution < 1.29 is 14.3 Å². The number of carbonyl (C=O) groups is 2. The highest BCUT2D eigenvalue weighted by molar-refractivity contribution is 5.98. The Balaban J connectivity index is 2.92. The molecule has 4 nitrogen and oxygen atoms in total. The molecule has 1 heterocycles. The van der Waals surface area contributed by atoms with Crippen molar-refractivity contribution >= 4 is 11.9 Å². The lowest BCUT2D eigenvalue weighted by atomic mass is 9.84. The summed E-state index contributed by atoms with van der Waals surface area (Å²) in [7, 11) is 0. The highest BCUT2D eigenvalue weighted by Crippen LogP contribution is 2.36. The van der Waals surface area contributed by atoms with E-state index in [2.05, 4.69) is 0 Å². The maximum Gasteiger partial charge on any atom is 0.319 e. The van der Waals surface area contributed by atoms with Crippen LogP contribution in [0.1, 0.15) is 20.8 Å². The van der Waals surface area contributed by atoms with Crippen molar-refractivity contribution in [2.45, 2.75) is 26.4 Å². The van der Waals surface area contributed by atoms with Crippen LogP contribution >= 0.6 is 0 Å². The zero-order valence-corrected chi connectivity index (χ0v) is 7.46. The van der Waals surface area contributed by atoms with E-state index in [9.17, 15) is 9.59 Å². The summed E-state index contributed by atoms with van der Waals surface area (Å²) in [6.45, 7) is 5.34. The highest BCUT2D eigenvalue weighted by atomic mass is 16.6. The fourth-order valence-corrected chi connectivity index (χ4v) is 1.38.